The molecule has 4 rings (SSSR count). The van der Waals surface area contributed by atoms with Gasteiger partial charge in [-0.15, -0.1) is 11.3 Å². The second-order valence-electron chi connectivity index (χ2n) is 6.61. The molecule has 1 amide bonds. The van der Waals surface area contributed by atoms with Crippen LogP contribution < -0.4 is 4.74 Å². The molecule has 1 aromatic heterocycles. The van der Waals surface area contributed by atoms with Crippen molar-refractivity contribution in [2.45, 2.75) is 13.0 Å². The summed E-state index contributed by atoms with van der Waals surface area (Å²) >= 11 is 13.8. The highest BCUT2D eigenvalue weighted by atomic mass is 35.5. The normalized spacial score (nSPS) is 13.3. The molecule has 0 N–H and O–H groups in total. The van der Waals surface area contributed by atoms with Crippen LogP contribution in [0.15, 0.2) is 36.4 Å². The molecule has 0 fully saturated rings. The zero-order chi connectivity index (χ0) is 20.5. The van der Waals surface area contributed by atoms with Gasteiger partial charge in [-0.05, 0) is 29.7 Å². The van der Waals surface area contributed by atoms with Crippen molar-refractivity contribution in [3.8, 4) is 5.75 Å². The first kappa shape index (κ1) is 20.0. The molecule has 0 bridgehead atoms. The van der Waals surface area contributed by atoms with Crippen LogP contribution >= 0.6 is 34.5 Å². The Morgan fingerprint density at radius 2 is 1.86 bits per heavy atom. The van der Waals surface area contributed by atoms with Crippen LogP contribution in [0.1, 0.15) is 20.8 Å². The zero-order valence-corrected chi connectivity index (χ0v) is 17.9. The number of thiophene rings is 1. The number of rotatable bonds is 4. The topological polar surface area (TPSA) is 55.8 Å². The highest BCUT2D eigenvalue weighted by molar-refractivity contribution is 7.22. The maximum absolute atomic E-state index is 12.5. The molecular weight excluding hydrogens is 433 g/mol. The summed E-state index contributed by atoms with van der Waals surface area (Å²) in [6.07, 6.45) is 0.790. The van der Waals surface area contributed by atoms with Crippen LogP contribution in [-0.4, -0.2) is 37.0 Å². The van der Waals surface area contributed by atoms with E-state index in [1.807, 2.05) is 18.2 Å². The van der Waals surface area contributed by atoms with Crippen LogP contribution in [0.5, 0.6) is 5.75 Å². The molecule has 2 heterocycles. The molecule has 1 aliphatic heterocycles. The summed E-state index contributed by atoms with van der Waals surface area (Å²) in [5.74, 6) is -0.376. The lowest BCUT2D eigenvalue weighted by Gasteiger charge is -2.28. The van der Waals surface area contributed by atoms with Gasteiger partial charge in [0.15, 0.2) is 6.61 Å². The van der Waals surface area contributed by atoms with Crippen molar-refractivity contribution in [3.63, 3.8) is 0 Å². The Kier molecular flexibility index (Phi) is 5.67. The summed E-state index contributed by atoms with van der Waals surface area (Å²) in [7, 11) is 1.52. The van der Waals surface area contributed by atoms with E-state index in [0.29, 0.717) is 33.9 Å². The molecule has 0 saturated carbocycles. The van der Waals surface area contributed by atoms with Gasteiger partial charge in [0.1, 0.15) is 15.6 Å². The number of carbonyl (C=O) groups excluding carboxylic acids is 2. The van der Waals surface area contributed by atoms with E-state index < -0.39 is 5.97 Å². The second kappa shape index (κ2) is 8.22. The van der Waals surface area contributed by atoms with Crippen molar-refractivity contribution in [1.29, 1.82) is 0 Å². The van der Waals surface area contributed by atoms with E-state index in [1.54, 1.807) is 17.0 Å². The van der Waals surface area contributed by atoms with Gasteiger partial charge in [-0.2, -0.15) is 0 Å². The number of halogens is 2. The number of amides is 1. The first-order valence-electron chi connectivity index (χ1n) is 8.95. The van der Waals surface area contributed by atoms with Crippen LogP contribution in [-0.2, 0) is 22.5 Å². The lowest BCUT2D eigenvalue weighted by Crippen LogP contribution is -2.38. The number of methoxy groups -OCH3 is 1. The van der Waals surface area contributed by atoms with Gasteiger partial charge in [0.05, 0.1) is 16.8 Å². The van der Waals surface area contributed by atoms with Gasteiger partial charge in [0.2, 0.25) is 0 Å². The number of esters is 1. The smallest absolute Gasteiger partial charge is 0.350 e. The van der Waals surface area contributed by atoms with E-state index in [4.69, 9.17) is 32.7 Å². The molecule has 0 saturated heterocycles. The number of benzene rings is 2. The predicted molar refractivity (Wildman–Crippen MR) is 114 cm³/mol. The average Bonchev–Trinajstić information content (AvgIpc) is 3.09. The van der Waals surface area contributed by atoms with E-state index in [9.17, 15) is 9.59 Å². The number of nitrogens with zero attached hydrogens (tertiary/aromatic N) is 1. The van der Waals surface area contributed by atoms with Gasteiger partial charge in [0.25, 0.3) is 5.91 Å². The maximum Gasteiger partial charge on any atom is 0.350 e. The third-order valence-corrected chi connectivity index (χ3v) is 7.11. The second-order valence-corrected chi connectivity index (χ2v) is 8.39. The minimum absolute atomic E-state index is 0.216. The lowest BCUT2D eigenvalue weighted by molar-refractivity contribution is -0.135. The number of hydrogen-bond donors (Lipinski definition) is 0. The summed E-state index contributed by atoms with van der Waals surface area (Å²) < 4.78 is 11.1. The molecule has 0 atom stereocenters. The monoisotopic (exact) mass is 449 g/mol. The van der Waals surface area contributed by atoms with E-state index in [0.717, 1.165) is 23.3 Å². The maximum atomic E-state index is 12.5. The third-order valence-electron chi connectivity index (χ3n) is 4.92. The van der Waals surface area contributed by atoms with E-state index >= 15 is 0 Å². The standard InChI is InChI=1S/C21H17Cl2NO4S/c1-27-15-7-6-14-17(22)20(29-19(14)18(15)23)21(26)28-11-16(25)24-9-8-12-4-2-3-5-13(12)10-24/h2-7H,8-11H2,1H3. The van der Waals surface area contributed by atoms with E-state index in [-0.39, 0.29) is 22.4 Å². The number of ether oxygens (including phenoxy) is 2. The molecule has 3 aromatic rings. The predicted octanol–water partition coefficient (Wildman–Crippen LogP) is 4.96. The van der Waals surface area contributed by atoms with Crippen LogP contribution in [0, 0.1) is 0 Å². The van der Waals surface area contributed by atoms with E-state index in [1.165, 1.54) is 12.7 Å². The molecule has 5 nitrogen and oxygen atoms in total. The summed E-state index contributed by atoms with van der Waals surface area (Å²) in [6.45, 7) is 0.792. The first-order chi connectivity index (χ1) is 14.0. The SMILES string of the molecule is COc1ccc2c(Cl)c(C(=O)OCC(=O)N3CCc4ccccc4C3)sc2c1Cl. The quantitative estimate of drug-likeness (QED) is 0.528. The molecule has 8 heteroatoms. The fraction of sp³-hybridized carbons (Fsp3) is 0.238. The number of fused-ring (bicyclic) bond motifs is 2. The van der Waals surface area contributed by atoms with Gasteiger partial charge >= 0.3 is 5.97 Å². The molecule has 150 valence electrons. The molecule has 1 aliphatic rings. The summed E-state index contributed by atoms with van der Waals surface area (Å²) in [5, 5.41) is 1.30. The van der Waals surface area contributed by atoms with Crippen LogP contribution in [0.2, 0.25) is 10.0 Å². The van der Waals surface area contributed by atoms with Crippen LogP contribution in [0.25, 0.3) is 10.1 Å². The Morgan fingerprint density at radius 3 is 2.62 bits per heavy atom. The van der Waals surface area contributed by atoms with Crippen molar-refractivity contribution < 1.29 is 19.1 Å². The number of hydrogen-bond acceptors (Lipinski definition) is 5. The molecule has 0 radical (unpaired) electrons. The molecule has 0 aliphatic carbocycles. The average molecular weight is 450 g/mol. The highest BCUT2D eigenvalue weighted by Crippen LogP contribution is 2.43. The Morgan fingerprint density at radius 1 is 1.10 bits per heavy atom. The van der Waals surface area contributed by atoms with Gasteiger partial charge in [-0.3, -0.25) is 4.79 Å². The lowest BCUT2D eigenvalue weighted by atomic mass is 10.00. The molecular formula is C21H17Cl2NO4S. The van der Waals surface area contributed by atoms with E-state index in [2.05, 4.69) is 6.07 Å². The fourth-order valence-electron chi connectivity index (χ4n) is 3.36. The summed E-state index contributed by atoms with van der Waals surface area (Å²) in [6, 6.07) is 11.5. The van der Waals surface area contributed by atoms with Crippen molar-refractivity contribution in [1.82, 2.24) is 4.90 Å². The van der Waals surface area contributed by atoms with Crippen LogP contribution in [0.3, 0.4) is 0 Å². The van der Waals surface area contributed by atoms with Gasteiger partial charge in [-0.1, -0.05) is 47.5 Å². The summed E-state index contributed by atoms with van der Waals surface area (Å²) in [5.41, 5.74) is 2.37. The van der Waals surface area contributed by atoms with Crippen molar-refractivity contribution >= 4 is 56.5 Å². The fourth-order valence-corrected chi connectivity index (χ4v) is 5.14. The molecule has 29 heavy (non-hydrogen) atoms. The Labute approximate surface area is 181 Å². The minimum atomic E-state index is -0.642. The largest absolute Gasteiger partial charge is 0.495 e. The molecule has 2 aromatic carbocycles. The third kappa shape index (κ3) is 3.80. The molecule has 0 unspecified atom stereocenters. The first-order valence-corrected chi connectivity index (χ1v) is 10.5. The van der Waals surface area contributed by atoms with Gasteiger partial charge < -0.3 is 14.4 Å². The Hall–Kier alpha value is -2.28. The van der Waals surface area contributed by atoms with Gasteiger partial charge in [0, 0.05) is 18.5 Å². The number of carbonyl (C=O) groups is 2. The summed E-state index contributed by atoms with van der Waals surface area (Å²) in [4.78, 5) is 27.0. The van der Waals surface area contributed by atoms with Gasteiger partial charge in [-0.25, -0.2) is 4.79 Å². The Bertz CT molecular complexity index is 1110. The van der Waals surface area contributed by atoms with Crippen molar-refractivity contribution in [2.24, 2.45) is 0 Å². The minimum Gasteiger partial charge on any atom is -0.495 e. The highest BCUT2D eigenvalue weighted by Gasteiger charge is 2.24. The van der Waals surface area contributed by atoms with Crippen LogP contribution in [0.4, 0.5) is 0 Å². The Balaban J connectivity index is 1.45. The molecule has 0 spiro atoms. The van der Waals surface area contributed by atoms with Crippen molar-refractivity contribution in [3.05, 3.63) is 62.4 Å². The van der Waals surface area contributed by atoms with Crippen molar-refractivity contribution in [2.75, 3.05) is 20.3 Å². The zero-order valence-electron chi connectivity index (χ0n) is 15.5.